The van der Waals surface area contributed by atoms with Gasteiger partial charge in [-0.1, -0.05) is 25.7 Å². The van der Waals surface area contributed by atoms with E-state index in [9.17, 15) is 0 Å². The lowest BCUT2D eigenvalue weighted by Crippen LogP contribution is -2.48. The quantitative estimate of drug-likeness (QED) is 0.492. The summed E-state index contributed by atoms with van der Waals surface area (Å²) in [4.78, 5) is 1.33. The maximum Gasteiger partial charge on any atom is 0.0897 e. The fraction of sp³-hybridized carbons (Fsp3) is 0.733. The summed E-state index contributed by atoms with van der Waals surface area (Å²) in [6.45, 7) is 5.00. The van der Waals surface area contributed by atoms with Crippen LogP contribution in [-0.4, -0.2) is 12.2 Å². The zero-order chi connectivity index (χ0) is 13.7. The average Bonchev–Trinajstić information content (AvgIpc) is 2.68. The Morgan fingerprint density at radius 3 is 2.53 bits per heavy atom. The molecule has 1 aliphatic rings. The van der Waals surface area contributed by atoms with Crippen LogP contribution in [-0.2, 0) is 4.74 Å². The van der Waals surface area contributed by atoms with Gasteiger partial charge < -0.3 is 4.74 Å². The summed E-state index contributed by atoms with van der Waals surface area (Å²) in [6.07, 6.45) is 7.32. The van der Waals surface area contributed by atoms with Gasteiger partial charge in [0.2, 0.25) is 0 Å². The zero-order valence-electron chi connectivity index (χ0n) is 12.1. The van der Waals surface area contributed by atoms with Gasteiger partial charge in [0.25, 0.3) is 0 Å². The second-order valence-electron chi connectivity index (χ2n) is 5.48. The van der Waals surface area contributed by atoms with E-state index in [-0.39, 0.29) is 11.6 Å². The minimum absolute atomic E-state index is 0.116. The fourth-order valence-corrected chi connectivity index (χ4v) is 4.37. The molecule has 108 valence electrons. The molecule has 1 unspecified atom stereocenters. The normalized spacial score (nSPS) is 21.0. The Kier molecular flexibility index (Phi) is 5.39. The van der Waals surface area contributed by atoms with Gasteiger partial charge in [0, 0.05) is 11.5 Å². The smallest absolute Gasteiger partial charge is 0.0897 e. The van der Waals surface area contributed by atoms with Gasteiger partial charge in [-0.05, 0) is 43.7 Å². The van der Waals surface area contributed by atoms with Crippen molar-refractivity contribution in [1.29, 1.82) is 0 Å². The van der Waals surface area contributed by atoms with E-state index in [1.165, 1.54) is 36.1 Å². The summed E-state index contributed by atoms with van der Waals surface area (Å²) >= 11 is 1.78. The molecule has 3 N–H and O–H groups in total. The Hall–Kier alpha value is -0.420. The van der Waals surface area contributed by atoms with Gasteiger partial charge in [-0.3, -0.25) is 5.84 Å². The molecule has 1 atom stereocenters. The highest BCUT2D eigenvalue weighted by Gasteiger charge is 2.41. The summed E-state index contributed by atoms with van der Waals surface area (Å²) in [5.74, 6) is 5.91. The van der Waals surface area contributed by atoms with E-state index in [0.29, 0.717) is 0 Å². The Labute approximate surface area is 120 Å². The summed E-state index contributed by atoms with van der Waals surface area (Å²) in [5, 5.41) is 2.14. The summed E-state index contributed by atoms with van der Waals surface area (Å²) < 4.78 is 6.25. The molecule has 3 nitrogen and oxygen atoms in total. The molecule has 1 aliphatic carbocycles. The Balaban J connectivity index is 2.31. The van der Waals surface area contributed by atoms with Crippen molar-refractivity contribution in [3.05, 3.63) is 21.9 Å². The standard InChI is InChI=1S/C15H26N2OS/c1-3-18-15(9-6-4-5-7-10-15)14(17-16)13-12(2)8-11-19-13/h8,11,14,17H,3-7,9-10,16H2,1-2H3. The zero-order valence-corrected chi connectivity index (χ0v) is 12.9. The van der Waals surface area contributed by atoms with Crippen molar-refractivity contribution in [1.82, 2.24) is 5.43 Å². The first-order valence-corrected chi connectivity index (χ1v) is 8.25. The third-order valence-corrected chi connectivity index (χ3v) is 5.32. The molecule has 0 bridgehead atoms. The predicted octanol–water partition coefficient (Wildman–Crippen LogP) is 3.69. The number of nitrogens with two attached hydrogens (primary N) is 1. The molecule has 1 aromatic rings. The number of hydrazine groups is 1. The number of thiophene rings is 1. The lowest BCUT2D eigenvalue weighted by atomic mass is 9.84. The van der Waals surface area contributed by atoms with Crippen LogP contribution < -0.4 is 11.3 Å². The number of rotatable bonds is 5. The van der Waals surface area contributed by atoms with Crippen molar-refractivity contribution in [3.63, 3.8) is 0 Å². The lowest BCUT2D eigenvalue weighted by molar-refractivity contribution is -0.0776. The van der Waals surface area contributed by atoms with E-state index in [0.717, 1.165) is 19.4 Å². The SMILES string of the molecule is CCOC1(C(NN)c2sccc2C)CCCCCC1. The van der Waals surface area contributed by atoms with Gasteiger partial charge in [0.05, 0.1) is 11.6 Å². The van der Waals surface area contributed by atoms with Gasteiger partial charge in [-0.2, -0.15) is 0 Å². The van der Waals surface area contributed by atoms with Crippen LogP contribution in [0.15, 0.2) is 11.4 Å². The van der Waals surface area contributed by atoms with E-state index < -0.39 is 0 Å². The summed E-state index contributed by atoms with van der Waals surface area (Å²) in [5.41, 5.74) is 4.24. The number of ether oxygens (including phenoxy) is 1. The molecular formula is C15H26N2OS. The molecule has 0 amide bonds. The predicted molar refractivity (Wildman–Crippen MR) is 81.2 cm³/mol. The van der Waals surface area contributed by atoms with Crippen LogP contribution in [0.1, 0.15) is 61.9 Å². The number of nitrogens with one attached hydrogen (secondary N) is 1. The van der Waals surface area contributed by atoms with Crippen LogP contribution in [0.3, 0.4) is 0 Å². The molecule has 0 saturated heterocycles. The molecule has 0 aromatic carbocycles. The lowest BCUT2D eigenvalue weighted by Gasteiger charge is -2.39. The van der Waals surface area contributed by atoms with Crippen LogP contribution in [0.25, 0.3) is 0 Å². The molecule has 0 spiro atoms. The minimum Gasteiger partial charge on any atom is -0.373 e. The number of hydrogen-bond acceptors (Lipinski definition) is 4. The average molecular weight is 282 g/mol. The van der Waals surface area contributed by atoms with Crippen molar-refractivity contribution in [2.45, 2.75) is 64.0 Å². The first-order valence-electron chi connectivity index (χ1n) is 7.37. The topological polar surface area (TPSA) is 47.3 Å². The van der Waals surface area contributed by atoms with Crippen LogP contribution >= 0.6 is 11.3 Å². The summed E-state index contributed by atoms with van der Waals surface area (Å²) in [6, 6.07) is 2.28. The minimum atomic E-state index is -0.129. The molecule has 1 saturated carbocycles. The third-order valence-electron chi connectivity index (χ3n) is 4.24. The van der Waals surface area contributed by atoms with E-state index in [2.05, 4.69) is 30.7 Å². The van der Waals surface area contributed by atoms with Crippen LogP contribution in [0.5, 0.6) is 0 Å². The van der Waals surface area contributed by atoms with Crippen molar-refractivity contribution in [2.24, 2.45) is 5.84 Å². The van der Waals surface area contributed by atoms with E-state index in [1.807, 2.05) is 0 Å². The Bertz CT molecular complexity index is 383. The van der Waals surface area contributed by atoms with E-state index >= 15 is 0 Å². The highest BCUT2D eigenvalue weighted by molar-refractivity contribution is 7.10. The Morgan fingerprint density at radius 2 is 2.05 bits per heavy atom. The second-order valence-corrected chi connectivity index (χ2v) is 6.43. The van der Waals surface area contributed by atoms with Crippen molar-refractivity contribution < 1.29 is 4.74 Å². The van der Waals surface area contributed by atoms with Crippen LogP contribution in [0.2, 0.25) is 0 Å². The molecule has 4 heteroatoms. The molecule has 0 radical (unpaired) electrons. The molecule has 19 heavy (non-hydrogen) atoms. The molecular weight excluding hydrogens is 256 g/mol. The number of hydrogen-bond donors (Lipinski definition) is 2. The first kappa shape index (κ1) is 15.0. The molecule has 2 rings (SSSR count). The maximum absolute atomic E-state index is 6.25. The van der Waals surface area contributed by atoms with E-state index in [4.69, 9.17) is 10.6 Å². The largest absolute Gasteiger partial charge is 0.373 e. The van der Waals surface area contributed by atoms with Gasteiger partial charge in [0.15, 0.2) is 0 Å². The van der Waals surface area contributed by atoms with Crippen molar-refractivity contribution in [3.8, 4) is 0 Å². The highest BCUT2D eigenvalue weighted by Crippen LogP contribution is 2.42. The van der Waals surface area contributed by atoms with Crippen molar-refractivity contribution >= 4 is 11.3 Å². The van der Waals surface area contributed by atoms with Crippen molar-refractivity contribution in [2.75, 3.05) is 6.61 Å². The maximum atomic E-state index is 6.25. The monoisotopic (exact) mass is 282 g/mol. The Morgan fingerprint density at radius 1 is 1.37 bits per heavy atom. The van der Waals surface area contributed by atoms with Gasteiger partial charge in [-0.25, -0.2) is 5.43 Å². The van der Waals surface area contributed by atoms with E-state index in [1.54, 1.807) is 11.3 Å². The van der Waals surface area contributed by atoms with Crippen LogP contribution in [0, 0.1) is 6.92 Å². The molecule has 0 aliphatic heterocycles. The van der Waals surface area contributed by atoms with Crippen LogP contribution in [0.4, 0.5) is 0 Å². The fourth-order valence-electron chi connectivity index (χ4n) is 3.28. The van der Waals surface area contributed by atoms with Gasteiger partial charge in [0.1, 0.15) is 0 Å². The molecule has 1 aromatic heterocycles. The molecule has 1 heterocycles. The van der Waals surface area contributed by atoms with Gasteiger partial charge in [-0.15, -0.1) is 11.3 Å². The molecule has 1 fully saturated rings. The summed E-state index contributed by atoms with van der Waals surface area (Å²) in [7, 11) is 0. The van der Waals surface area contributed by atoms with Gasteiger partial charge >= 0.3 is 0 Å². The highest BCUT2D eigenvalue weighted by atomic mass is 32.1. The second kappa shape index (κ2) is 6.84. The number of aryl methyl sites for hydroxylation is 1. The third kappa shape index (κ3) is 3.19. The first-order chi connectivity index (χ1) is 9.23.